The van der Waals surface area contributed by atoms with Crippen molar-refractivity contribution in [2.75, 3.05) is 18.9 Å². The van der Waals surface area contributed by atoms with Crippen molar-refractivity contribution >= 4 is 23.6 Å². The topological polar surface area (TPSA) is 85.3 Å². The summed E-state index contributed by atoms with van der Waals surface area (Å²) in [7, 11) is 0. The first-order chi connectivity index (χ1) is 13.0. The average molecular weight is 388 g/mol. The maximum absolute atomic E-state index is 12.7. The molecule has 7 nitrogen and oxygen atoms in total. The fourth-order valence-electron chi connectivity index (χ4n) is 2.44. The highest BCUT2D eigenvalue weighted by Crippen LogP contribution is 2.16. The Hall–Kier alpha value is -2.48. The molecule has 0 aromatic carbocycles. The van der Waals surface area contributed by atoms with E-state index in [9.17, 15) is 9.59 Å². The molecule has 0 spiro atoms. The molecule has 0 radical (unpaired) electrons. The van der Waals surface area contributed by atoms with Crippen LogP contribution >= 0.6 is 11.8 Å². The summed E-state index contributed by atoms with van der Waals surface area (Å²) in [6.45, 7) is 6.57. The number of rotatable bonds is 9. The van der Waals surface area contributed by atoms with Gasteiger partial charge in [-0.1, -0.05) is 17.8 Å². The highest BCUT2D eigenvalue weighted by Gasteiger charge is 2.17. The Morgan fingerprint density at radius 2 is 1.96 bits per heavy atom. The van der Waals surface area contributed by atoms with Crippen LogP contribution in [0.3, 0.4) is 0 Å². The number of aromatic nitrogens is 3. The van der Waals surface area contributed by atoms with Gasteiger partial charge in [0.2, 0.25) is 5.91 Å². The smallest absolute Gasteiger partial charge is 0.307 e. The van der Waals surface area contributed by atoms with Gasteiger partial charge >= 0.3 is 5.97 Å². The summed E-state index contributed by atoms with van der Waals surface area (Å²) in [5, 5.41) is 0.576. The molecule has 0 N–H and O–H groups in total. The molecule has 0 saturated carbocycles. The van der Waals surface area contributed by atoms with Crippen LogP contribution in [-0.2, 0) is 20.9 Å². The largest absolute Gasteiger partial charge is 0.466 e. The van der Waals surface area contributed by atoms with E-state index in [0.717, 1.165) is 17.0 Å². The van der Waals surface area contributed by atoms with E-state index >= 15 is 0 Å². The Morgan fingerprint density at radius 3 is 2.59 bits per heavy atom. The number of nitrogens with zero attached hydrogens (tertiary/aromatic N) is 4. The van der Waals surface area contributed by atoms with Gasteiger partial charge in [0.15, 0.2) is 5.16 Å². The molecule has 0 bridgehead atoms. The van der Waals surface area contributed by atoms with Crippen LogP contribution in [0.1, 0.15) is 30.3 Å². The maximum atomic E-state index is 12.7. The molecule has 2 rings (SSSR count). The summed E-state index contributed by atoms with van der Waals surface area (Å²) < 4.78 is 4.96. The Morgan fingerprint density at radius 1 is 1.22 bits per heavy atom. The molecule has 2 aromatic rings. The third-order valence-electron chi connectivity index (χ3n) is 3.63. The summed E-state index contributed by atoms with van der Waals surface area (Å²) in [6, 6.07) is 5.61. The SMILES string of the molecule is CCOC(=O)CCN(Cc1cccnc1)C(=O)CSc1nc(C)cc(C)n1. The van der Waals surface area contributed by atoms with Crippen molar-refractivity contribution in [3.05, 3.63) is 47.5 Å². The highest BCUT2D eigenvalue weighted by molar-refractivity contribution is 7.99. The van der Waals surface area contributed by atoms with Crippen LogP contribution in [0.4, 0.5) is 0 Å². The van der Waals surface area contributed by atoms with Gasteiger partial charge in [-0.2, -0.15) is 0 Å². The van der Waals surface area contributed by atoms with E-state index in [-0.39, 0.29) is 24.1 Å². The van der Waals surface area contributed by atoms with Crippen molar-refractivity contribution in [1.29, 1.82) is 0 Å². The van der Waals surface area contributed by atoms with E-state index in [4.69, 9.17) is 4.74 Å². The average Bonchev–Trinajstić information content (AvgIpc) is 2.63. The molecule has 1 amide bonds. The van der Waals surface area contributed by atoms with E-state index in [1.54, 1.807) is 24.2 Å². The first kappa shape index (κ1) is 20.8. The number of hydrogen-bond acceptors (Lipinski definition) is 7. The van der Waals surface area contributed by atoms with E-state index in [0.29, 0.717) is 24.9 Å². The van der Waals surface area contributed by atoms with E-state index < -0.39 is 0 Å². The zero-order chi connectivity index (χ0) is 19.6. The lowest BCUT2D eigenvalue weighted by molar-refractivity contribution is -0.144. The highest BCUT2D eigenvalue weighted by atomic mass is 32.2. The van der Waals surface area contributed by atoms with Crippen LogP contribution in [0.2, 0.25) is 0 Å². The Kier molecular flexibility index (Phi) is 8.19. The summed E-state index contributed by atoms with van der Waals surface area (Å²) >= 11 is 1.30. The van der Waals surface area contributed by atoms with Gasteiger partial charge < -0.3 is 9.64 Å². The van der Waals surface area contributed by atoms with Crippen molar-refractivity contribution < 1.29 is 14.3 Å². The van der Waals surface area contributed by atoms with Gasteiger partial charge in [-0.25, -0.2) is 9.97 Å². The number of ether oxygens (including phenoxy) is 1. The molecule has 0 aliphatic heterocycles. The second-order valence-electron chi connectivity index (χ2n) is 5.95. The standard InChI is InChI=1S/C19H24N4O3S/c1-4-26-18(25)7-9-23(12-16-6-5-8-20-11-16)17(24)13-27-19-21-14(2)10-15(3)22-19/h5-6,8,10-11H,4,7,9,12-13H2,1-3H3. The lowest BCUT2D eigenvalue weighted by Crippen LogP contribution is -2.34. The summed E-state index contributed by atoms with van der Waals surface area (Å²) in [6.07, 6.45) is 3.55. The fraction of sp³-hybridized carbons (Fsp3) is 0.421. The van der Waals surface area contributed by atoms with Gasteiger partial charge in [0, 0.05) is 36.9 Å². The van der Waals surface area contributed by atoms with Crippen LogP contribution in [0.5, 0.6) is 0 Å². The third-order valence-corrected chi connectivity index (χ3v) is 4.46. The molecular weight excluding hydrogens is 364 g/mol. The number of carbonyl (C=O) groups is 2. The minimum absolute atomic E-state index is 0.0871. The van der Waals surface area contributed by atoms with Crippen molar-refractivity contribution in [2.24, 2.45) is 0 Å². The van der Waals surface area contributed by atoms with Crippen molar-refractivity contribution in [3.8, 4) is 0 Å². The maximum Gasteiger partial charge on any atom is 0.307 e. The van der Waals surface area contributed by atoms with Crippen LogP contribution in [0, 0.1) is 13.8 Å². The normalized spacial score (nSPS) is 10.5. The molecule has 0 atom stereocenters. The zero-order valence-corrected chi connectivity index (χ0v) is 16.7. The number of thioether (sulfide) groups is 1. The van der Waals surface area contributed by atoms with Gasteiger partial charge in [0.05, 0.1) is 18.8 Å². The molecular formula is C19H24N4O3S. The number of aryl methyl sites for hydroxylation is 2. The number of pyridine rings is 1. The Bertz CT molecular complexity index is 751. The van der Waals surface area contributed by atoms with Gasteiger partial charge in [-0.05, 0) is 38.5 Å². The summed E-state index contributed by atoms with van der Waals surface area (Å²) in [4.78, 5) is 38.8. The lowest BCUT2D eigenvalue weighted by atomic mass is 10.2. The molecule has 0 unspecified atom stereocenters. The summed E-state index contributed by atoms with van der Waals surface area (Å²) in [5.41, 5.74) is 2.64. The van der Waals surface area contributed by atoms with Gasteiger partial charge in [0.25, 0.3) is 0 Å². The van der Waals surface area contributed by atoms with E-state index in [2.05, 4.69) is 15.0 Å². The number of carbonyl (C=O) groups excluding carboxylic acids is 2. The molecule has 2 heterocycles. The molecule has 0 fully saturated rings. The fourth-order valence-corrected chi connectivity index (χ4v) is 3.29. The number of amides is 1. The molecule has 27 heavy (non-hydrogen) atoms. The molecule has 2 aromatic heterocycles. The zero-order valence-electron chi connectivity index (χ0n) is 15.8. The van der Waals surface area contributed by atoms with Crippen molar-refractivity contribution in [3.63, 3.8) is 0 Å². The Labute approximate surface area is 163 Å². The molecule has 0 aliphatic carbocycles. The van der Waals surface area contributed by atoms with Gasteiger partial charge in [-0.3, -0.25) is 14.6 Å². The van der Waals surface area contributed by atoms with Crippen LogP contribution in [-0.4, -0.2) is 50.6 Å². The molecule has 144 valence electrons. The first-order valence-corrected chi connectivity index (χ1v) is 9.74. The predicted octanol–water partition coefficient (Wildman–Crippen LogP) is 2.56. The first-order valence-electron chi connectivity index (χ1n) is 8.75. The third kappa shape index (κ3) is 7.34. The molecule has 0 saturated heterocycles. The van der Waals surface area contributed by atoms with E-state index in [1.807, 2.05) is 32.0 Å². The van der Waals surface area contributed by atoms with Crippen LogP contribution in [0.15, 0.2) is 35.7 Å². The van der Waals surface area contributed by atoms with E-state index in [1.165, 1.54) is 11.8 Å². The minimum Gasteiger partial charge on any atom is -0.466 e. The Balaban J connectivity index is 2.01. The second kappa shape index (κ2) is 10.6. The quantitative estimate of drug-likeness (QED) is 0.371. The van der Waals surface area contributed by atoms with Gasteiger partial charge in [-0.15, -0.1) is 0 Å². The minimum atomic E-state index is -0.313. The monoisotopic (exact) mass is 388 g/mol. The van der Waals surface area contributed by atoms with Crippen molar-refractivity contribution in [2.45, 2.75) is 38.9 Å². The second-order valence-corrected chi connectivity index (χ2v) is 6.90. The lowest BCUT2D eigenvalue weighted by Gasteiger charge is -2.22. The van der Waals surface area contributed by atoms with Crippen LogP contribution < -0.4 is 0 Å². The molecule has 8 heteroatoms. The molecule has 0 aliphatic rings. The summed E-state index contributed by atoms with van der Waals surface area (Å²) in [5.74, 6) is -0.200. The predicted molar refractivity (Wildman–Crippen MR) is 103 cm³/mol. The number of hydrogen-bond donors (Lipinski definition) is 0. The van der Waals surface area contributed by atoms with Crippen LogP contribution in [0.25, 0.3) is 0 Å². The number of esters is 1. The van der Waals surface area contributed by atoms with Crippen molar-refractivity contribution in [1.82, 2.24) is 19.9 Å². The van der Waals surface area contributed by atoms with Gasteiger partial charge in [0.1, 0.15) is 0 Å².